The quantitative estimate of drug-likeness (QED) is 0.476. The Kier molecular flexibility index (Phi) is 5.06. The van der Waals surface area contributed by atoms with Crippen LogP contribution in [0.25, 0.3) is 23.5 Å². The van der Waals surface area contributed by atoms with Gasteiger partial charge in [0.15, 0.2) is 5.78 Å². The topological polar surface area (TPSA) is 78.5 Å². The number of nitrogens with zero attached hydrogens (tertiary/aromatic N) is 6. The zero-order chi connectivity index (χ0) is 21.0. The van der Waals surface area contributed by atoms with Crippen LogP contribution in [0.1, 0.15) is 30.4 Å². The Balaban J connectivity index is 1.34. The molecule has 4 aromatic rings. The highest BCUT2D eigenvalue weighted by atomic mass is 16.1. The third-order valence-electron chi connectivity index (χ3n) is 5.31. The minimum absolute atomic E-state index is 0.131. The van der Waals surface area contributed by atoms with Crippen molar-refractivity contribution in [2.45, 2.75) is 19.3 Å². The van der Waals surface area contributed by atoms with Crippen LogP contribution in [0.5, 0.6) is 0 Å². The van der Waals surface area contributed by atoms with E-state index in [0.29, 0.717) is 0 Å². The molecule has 0 bridgehead atoms. The molecule has 0 radical (unpaired) electrons. The van der Waals surface area contributed by atoms with Crippen LogP contribution in [0.15, 0.2) is 85.0 Å². The third-order valence-corrected chi connectivity index (χ3v) is 5.31. The Morgan fingerprint density at radius 2 is 1.13 bits per heavy atom. The van der Waals surface area contributed by atoms with E-state index >= 15 is 0 Å². The summed E-state index contributed by atoms with van der Waals surface area (Å²) in [5, 5.41) is 8.27. The van der Waals surface area contributed by atoms with E-state index in [4.69, 9.17) is 0 Å². The summed E-state index contributed by atoms with van der Waals surface area (Å²) < 4.78 is 3.41. The Hall–Kier alpha value is -4.13. The van der Waals surface area contributed by atoms with Crippen molar-refractivity contribution in [3.8, 4) is 11.4 Å². The van der Waals surface area contributed by atoms with Crippen molar-refractivity contribution in [1.82, 2.24) is 29.5 Å². The Morgan fingerprint density at radius 3 is 1.52 bits per heavy atom. The molecular weight excluding hydrogens is 388 g/mol. The van der Waals surface area contributed by atoms with Gasteiger partial charge in [0.2, 0.25) is 0 Å². The summed E-state index contributed by atoms with van der Waals surface area (Å²) in [6.45, 7) is 0. The van der Waals surface area contributed by atoms with Crippen LogP contribution in [0.4, 0.5) is 0 Å². The van der Waals surface area contributed by atoms with Gasteiger partial charge in [-0.15, -0.1) is 0 Å². The molecule has 2 heterocycles. The van der Waals surface area contributed by atoms with E-state index in [1.165, 1.54) is 12.7 Å². The van der Waals surface area contributed by atoms with Crippen LogP contribution in [-0.4, -0.2) is 35.3 Å². The largest absolute Gasteiger partial charge is 0.289 e. The predicted octanol–water partition coefficient (Wildman–Crippen LogP) is 4.07. The lowest BCUT2D eigenvalue weighted by atomic mass is 9.87. The fraction of sp³-hybridized carbons (Fsp3) is 0.125. The lowest BCUT2D eigenvalue weighted by Gasteiger charge is -2.16. The van der Waals surface area contributed by atoms with Crippen LogP contribution in [0, 0.1) is 0 Å². The monoisotopic (exact) mass is 408 g/mol. The molecule has 7 heteroatoms. The van der Waals surface area contributed by atoms with Gasteiger partial charge in [-0.3, -0.25) is 4.79 Å². The van der Waals surface area contributed by atoms with Gasteiger partial charge < -0.3 is 0 Å². The molecule has 7 nitrogen and oxygen atoms in total. The van der Waals surface area contributed by atoms with Crippen molar-refractivity contribution in [2.24, 2.45) is 0 Å². The second-order valence-electron chi connectivity index (χ2n) is 7.38. The van der Waals surface area contributed by atoms with E-state index in [0.717, 1.165) is 52.9 Å². The van der Waals surface area contributed by atoms with Crippen LogP contribution in [0.3, 0.4) is 0 Å². The van der Waals surface area contributed by atoms with Gasteiger partial charge in [-0.2, -0.15) is 10.2 Å². The van der Waals surface area contributed by atoms with Gasteiger partial charge in [-0.25, -0.2) is 19.3 Å². The summed E-state index contributed by atoms with van der Waals surface area (Å²) in [5.41, 5.74) is 5.58. The number of rotatable bonds is 4. The smallest absolute Gasteiger partial charge is 0.185 e. The lowest BCUT2D eigenvalue weighted by Crippen LogP contribution is -2.12. The molecule has 0 saturated heterocycles. The summed E-state index contributed by atoms with van der Waals surface area (Å²) in [6.07, 6.45) is 12.9. The van der Waals surface area contributed by atoms with Gasteiger partial charge in [0.1, 0.15) is 25.3 Å². The van der Waals surface area contributed by atoms with Crippen molar-refractivity contribution >= 4 is 17.9 Å². The van der Waals surface area contributed by atoms with Gasteiger partial charge >= 0.3 is 0 Å². The molecule has 1 saturated carbocycles. The molecule has 0 aliphatic heterocycles. The highest BCUT2D eigenvalue weighted by Gasteiger charge is 2.20. The van der Waals surface area contributed by atoms with Crippen LogP contribution in [0.2, 0.25) is 0 Å². The normalized spacial score (nSPS) is 16.8. The van der Waals surface area contributed by atoms with E-state index < -0.39 is 0 Å². The van der Waals surface area contributed by atoms with Crippen molar-refractivity contribution in [1.29, 1.82) is 0 Å². The highest BCUT2D eigenvalue weighted by Crippen LogP contribution is 2.28. The minimum Gasteiger partial charge on any atom is -0.289 e. The Bertz CT molecular complexity index is 1140. The molecule has 1 fully saturated rings. The molecule has 0 N–H and O–H groups in total. The molecule has 1 aliphatic rings. The van der Waals surface area contributed by atoms with Crippen molar-refractivity contribution in [2.75, 3.05) is 0 Å². The van der Waals surface area contributed by atoms with E-state index in [1.54, 1.807) is 22.0 Å². The van der Waals surface area contributed by atoms with Gasteiger partial charge in [-0.1, -0.05) is 24.3 Å². The Labute approximate surface area is 179 Å². The van der Waals surface area contributed by atoms with Crippen molar-refractivity contribution in [3.63, 3.8) is 0 Å². The fourth-order valence-electron chi connectivity index (χ4n) is 3.71. The molecule has 0 amide bonds. The zero-order valence-corrected chi connectivity index (χ0v) is 16.8. The number of carbonyl (C=O) groups is 1. The van der Waals surface area contributed by atoms with Crippen molar-refractivity contribution in [3.05, 3.63) is 96.1 Å². The summed E-state index contributed by atoms with van der Waals surface area (Å²) in [7, 11) is 0. The molecule has 5 rings (SSSR count). The van der Waals surface area contributed by atoms with Crippen LogP contribution in [-0.2, 0) is 4.79 Å². The predicted molar refractivity (Wildman–Crippen MR) is 118 cm³/mol. The third kappa shape index (κ3) is 4.11. The number of benzene rings is 2. The van der Waals surface area contributed by atoms with Crippen LogP contribution >= 0.6 is 0 Å². The number of hydrogen-bond donors (Lipinski definition) is 0. The summed E-state index contributed by atoms with van der Waals surface area (Å²) >= 11 is 0. The number of Topliss-reactive ketones (excluding diaryl/α,β-unsaturated/α-hetero) is 1. The first-order valence-electron chi connectivity index (χ1n) is 10.1. The van der Waals surface area contributed by atoms with Gasteiger partial charge in [0.05, 0.1) is 11.4 Å². The summed E-state index contributed by atoms with van der Waals surface area (Å²) in [4.78, 5) is 21.0. The molecular formula is C24H20N6O. The first-order chi connectivity index (χ1) is 15.3. The van der Waals surface area contributed by atoms with Gasteiger partial charge in [-0.05, 0) is 66.8 Å². The van der Waals surface area contributed by atoms with Gasteiger partial charge in [0.25, 0.3) is 0 Å². The fourth-order valence-corrected chi connectivity index (χ4v) is 3.71. The number of ketones is 1. The highest BCUT2D eigenvalue weighted by molar-refractivity contribution is 6.13. The molecule has 2 aromatic carbocycles. The minimum atomic E-state index is 0.131. The Morgan fingerprint density at radius 1 is 0.677 bits per heavy atom. The molecule has 2 aromatic heterocycles. The van der Waals surface area contributed by atoms with E-state index in [9.17, 15) is 4.79 Å². The van der Waals surface area contributed by atoms with E-state index in [-0.39, 0.29) is 5.78 Å². The van der Waals surface area contributed by atoms with E-state index in [1.807, 2.05) is 60.7 Å². The second-order valence-corrected chi connectivity index (χ2v) is 7.38. The average molecular weight is 408 g/mol. The van der Waals surface area contributed by atoms with E-state index in [2.05, 4.69) is 20.2 Å². The first kappa shape index (κ1) is 18.9. The molecule has 152 valence electrons. The second kappa shape index (κ2) is 8.31. The number of hydrogen-bond acceptors (Lipinski definition) is 5. The summed E-state index contributed by atoms with van der Waals surface area (Å²) in [6, 6.07) is 15.9. The maximum Gasteiger partial charge on any atom is 0.185 e. The van der Waals surface area contributed by atoms with Crippen LogP contribution < -0.4 is 0 Å². The zero-order valence-electron chi connectivity index (χ0n) is 16.8. The molecule has 0 atom stereocenters. The standard InChI is InChI=1S/C24H20N6O/c31-24-20(12-18-4-8-22(9-5-18)29-16-25-14-27-29)2-1-3-21(24)13-19-6-10-23(11-7-19)30-17-26-15-28-30/h4-17H,1-3H2/b20-12-,21-13+. The average Bonchev–Trinajstić information content (AvgIpc) is 3.52. The lowest BCUT2D eigenvalue weighted by molar-refractivity contribution is -0.112. The number of carbonyl (C=O) groups excluding carboxylic acids is 1. The number of aromatic nitrogens is 6. The maximum absolute atomic E-state index is 13.1. The van der Waals surface area contributed by atoms with Gasteiger partial charge in [0, 0.05) is 11.1 Å². The first-order valence-corrected chi connectivity index (χ1v) is 10.1. The van der Waals surface area contributed by atoms with Crippen molar-refractivity contribution < 1.29 is 4.79 Å². The maximum atomic E-state index is 13.1. The molecule has 0 spiro atoms. The summed E-state index contributed by atoms with van der Waals surface area (Å²) in [5.74, 6) is 0.131. The molecule has 31 heavy (non-hydrogen) atoms. The SMILES string of the molecule is O=C1/C(=C\c2ccc(-n3cncn3)cc2)CCC/C1=C\c1ccc(-n2cncn2)cc1. The number of allylic oxidation sites excluding steroid dienone is 2. The molecule has 1 aliphatic carbocycles. The molecule has 0 unspecified atom stereocenters.